The molecule has 0 aliphatic heterocycles. The molecule has 0 aliphatic carbocycles. The van der Waals surface area contributed by atoms with Crippen LogP contribution < -0.4 is 21.3 Å². The fourth-order valence-corrected chi connectivity index (χ4v) is 2.79. The van der Waals surface area contributed by atoms with E-state index in [2.05, 4.69) is 20.0 Å². The monoisotopic (exact) mass is 366 g/mol. The van der Waals surface area contributed by atoms with Crippen molar-refractivity contribution in [1.82, 2.24) is 20.0 Å². The van der Waals surface area contributed by atoms with E-state index in [9.17, 15) is 22.8 Å². The van der Waals surface area contributed by atoms with Crippen molar-refractivity contribution in [3.8, 4) is 0 Å². The van der Waals surface area contributed by atoms with Gasteiger partial charge in [0, 0.05) is 19.2 Å². The molecule has 1 aromatic heterocycles. The molecule has 25 heavy (non-hydrogen) atoms. The number of benzene rings is 1. The van der Waals surface area contributed by atoms with Crippen molar-refractivity contribution in [2.75, 3.05) is 7.05 Å². The summed E-state index contributed by atoms with van der Waals surface area (Å²) in [6.07, 6.45) is 1.86. The molecule has 9 nitrogen and oxygen atoms in total. The van der Waals surface area contributed by atoms with Crippen molar-refractivity contribution < 1.29 is 13.2 Å². The highest BCUT2D eigenvalue weighted by atomic mass is 32.2. The Hall–Kier alpha value is -2.72. The number of amides is 1. The molecule has 0 bridgehead atoms. The van der Waals surface area contributed by atoms with Crippen LogP contribution in [0.4, 0.5) is 0 Å². The molecule has 1 aromatic carbocycles. The van der Waals surface area contributed by atoms with Crippen LogP contribution in [0.5, 0.6) is 0 Å². The molecule has 1 heterocycles. The SMILES string of the molecule is CNS(=O)(=O)c1ccc(CCC(=O)NCc2c[nH]c(=O)[nH]c2=O)cc1. The van der Waals surface area contributed by atoms with E-state index in [0.717, 1.165) is 5.56 Å². The van der Waals surface area contributed by atoms with E-state index in [1.54, 1.807) is 12.1 Å². The maximum absolute atomic E-state index is 11.8. The van der Waals surface area contributed by atoms with Crippen molar-refractivity contribution in [1.29, 1.82) is 0 Å². The highest BCUT2D eigenvalue weighted by Crippen LogP contribution is 2.11. The highest BCUT2D eigenvalue weighted by Gasteiger charge is 2.11. The lowest BCUT2D eigenvalue weighted by molar-refractivity contribution is -0.121. The summed E-state index contributed by atoms with van der Waals surface area (Å²) >= 11 is 0. The second-order valence-electron chi connectivity index (χ2n) is 5.23. The molecule has 2 aromatic rings. The van der Waals surface area contributed by atoms with Gasteiger partial charge in [-0.25, -0.2) is 17.9 Å². The van der Waals surface area contributed by atoms with E-state index in [1.165, 1.54) is 25.4 Å². The van der Waals surface area contributed by atoms with Gasteiger partial charge < -0.3 is 10.3 Å². The number of carbonyl (C=O) groups excluding carboxylic acids is 1. The maximum atomic E-state index is 11.8. The van der Waals surface area contributed by atoms with Gasteiger partial charge in [0.25, 0.3) is 5.56 Å². The molecular weight excluding hydrogens is 348 g/mol. The highest BCUT2D eigenvalue weighted by molar-refractivity contribution is 7.89. The van der Waals surface area contributed by atoms with Crippen LogP contribution in [0.15, 0.2) is 44.9 Å². The summed E-state index contributed by atoms with van der Waals surface area (Å²) in [6, 6.07) is 6.23. The lowest BCUT2D eigenvalue weighted by atomic mass is 10.1. The number of nitrogens with one attached hydrogen (secondary N) is 4. The smallest absolute Gasteiger partial charge is 0.325 e. The quantitative estimate of drug-likeness (QED) is 0.509. The van der Waals surface area contributed by atoms with E-state index in [1.807, 2.05) is 0 Å². The average molecular weight is 366 g/mol. The van der Waals surface area contributed by atoms with Crippen LogP contribution in [0.3, 0.4) is 0 Å². The number of carbonyl (C=O) groups is 1. The zero-order valence-electron chi connectivity index (χ0n) is 13.5. The van der Waals surface area contributed by atoms with Crippen LogP contribution in [-0.4, -0.2) is 31.3 Å². The topological polar surface area (TPSA) is 141 Å². The van der Waals surface area contributed by atoms with Gasteiger partial charge in [-0.2, -0.15) is 0 Å². The first-order valence-corrected chi connectivity index (χ1v) is 8.90. The average Bonchev–Trinajstić information content (AvgIpc) is 2.59. The summed E-state index contributed by atoms with van der Waals surface area (Å²) in [5.41, 5.74) is -0.101. The number of aromatic amines is 2. The van der Waals surface area contributed by atoms with Crippen LogP contribution in [0.1, 0.15) is 17.5 Å². The Balaban J connectivity index is 1.87. The molecule has 0 unspecified atom stereocenters. The van der Waals surface area contributed by atoms with Crippen LogP contribution in [0.2, 0.25) is 0 Å². The van der Waals surface area contributed by atoms with Gasteiger partial charge in [0.2, 0.25) is 15.9 Å². The van der Waals surface area contributed by atoms with E-state index in [-0.39, 0.29) is 29.3 Å². The Morgan fingerprint density at radius 1 is 1.16 bits per heavy atom. The molecule has 0 spiro atoms. The Labute approximate surface area is 143 Å². The molecule has 0 saturated carbocycles. The van der Waals surface area contributed by atoms with Gasteiger partial charge in [-0.15, -0.1) is 0 Å². The second kappa shape index (κ2) is 7.90. The molecule has 4 N–H and O–H groups in total. The van der Waals surface area contributed by atoms with Gasteiger partial charge >= 0.3 is 5.69 Å². The van der Waals surface area contributed by atoms with Gasteiger partial charge in [0.05, 0.1) is 10.5 Å². The predicted molar refractivity (Wildman–Crippen MR) is 90.5 cm³/mol. The van der Waals surface area contributed by atoms with Crippen LogP contribution >= 0.6 is 0 Å². The molecule has 0 atom stereocenters. The molecule has 2 rings (SSSR count). The fourth-order valence-electron chi connectivity index (χ4n) is 2.06. The van der Waals surface area contributed by atoms with E-state index in [4.69, 9.17) is 0 Å². The predicted octanol–water partition coefficient (Wildman–Crippen LogP) is -0.780. The Morgan fingerprint density at radius 2 is 1.84 bits per heavy atom. The summed E-state index contributed by atoms with van der Waals surface area (Å²) in [7, 11) is -2.15. The Kier molecular flexibility index (Phi) is 5.88. The lowest BCUT2D eigenvalue weighted by Gasteiger charge is -2.06. The number of H-pyrrole nitrogens is 2. The van der Waals surface area contributed by atoms with Crippen molar-refractivity contribution in [3.63, 3.8) is 0 Å². The van der Waals surface area contributed by atoms with E-state index >= 15 is 0 Å². The lowest BCUT2D eigenvalue weighted by Crippen LogP contribution is -2.30. The third-order valence-electron chi connectivity index (χ3n) is 3.52. The number of rotatable bonds is 7. The first-order chi connectivity index (χ1) is 11.8. The van der Waals surface area contributed by atoms with Crippen LogP contribution in [0, 0.1) is 0 Å². The molecule has 0 fully saturated rings. The first-order valence-electron chi connectivity index (χ1n) is 7.42. The van der Waals surface area contributed by atoms with Crippen molar-refractivity contribution >= 4 is 15.9 Å². The van der Waals surface area contributed by atoms with Gasteiger partial charge in [0.1, 0.15) is 0 Å². The van der Waals surface area contributed by atoms with Gasteiger partial charge in [-0.1, -0.05) is 12.1 Å². The third-order valence-corrected chi connectivity index (χ3v) is 4.95. The first kappa shape index (κ1) is 18.6. The summed E-state index contributed by atoms with van der Waals surface area (Å²) in [5.74, 6) is -0.266. The van der Waals surface area contributed by atoms with Crippen LogP contribution in [-0.2, 0) is 27.8 Å². The zero-order chi connectivity index (χ0) is 18.4. The Bertz CT molecular complexity index is 960. The van der Waals surface area contributed by atoms with Crippen molar-refractivity contribution in [2.24, 2.45) is 0 Å². The second-order valence-corrected chi connectivity index (χ2v) is 7.11. The molecular formula is C15H18N4O5S. The zero-order valence-corrected chi connectivity index (χ0v) is 14.3. The summed E-state index contributed by atoms with van der Waals surface area (Å²) in [6.45, 7) is 0.00426. The van der Waals surface area contributed by atoms with E-state index in [0.29, 0.717) is 6.42 Å². The van der Waals surface area contributed by atoms with Crippen molar-refractivity contribution in [3.05, 3.63) is 62.4 Å². The maximum Gasteiger partial charge on any atom is 0.325 e. The largest absolute Gasteiger partial charge is 0.352 e. The minimum absolute atomic E-state index is 0.00426. The third kappa shape index (κ3) is 5.13. The number of aromatic nitrogens is 2. The Morgan fingerprint density at radius 3 is 2.44 bits per heavy atom. The number of aryl methyl sites for hydroxylation is 1. The number of hydrogen-bond acceptors (Lipinski definition) is 5. The van der Waals surface area contributed by atoms with E-state index < -0.39 is 21.3 Å². The molecule has 134 valence electrons. The normalized spacial score (nSPS) is 11.2. The molecule has 0 aliphatic rings. The minimum atomic E-state index is -3.48. The van der Waals surface area contributed by atoms with Gasteiger partial charge in [-0.3, -0.25) is 14.6 Å². The standard InChI is InChI=1S/C15H18N4O5S/c1-16-25(23,24)12-5-2-10(3-6-12)4-7-13(20)17-8-11-9-18-15(22)19-14(11)21/h2-3,5-6,9,16H,4,7-8H2,1H3,(H,17,20)(H2,18,19,21,22). The summed E-state index contributed by atoms with van der Waals surface area (Å²) < 4.78 is 25.5. The molecule has 10 heteroatoms. The van der Waals surface area contributed by atoms with Gasteiger partial charge in [-0.05, 0) is 31.2 Å². The molecule has 0 radical (unpaired) electrons. The van der Waals surface area contributed by atoms with Crippen molar-refractivity contribution in [2.45, 2.75) is 24.3 Å². The molecule has 0 saturated heterocycles. The summed E-state index contributed by atoms with van der Waals surface area (Å²) in [5, 5.41) is 2.59. The molecule has 1 amide bonds. The summed E-state index contributed by atoms with van der Waals surface area (Å²) in [4.78, 5) is 38.8. The number of sulfonamides is 1. The number of hydrogen-bond donors (Lipinski definition) is 4. The van der Waals surface area contributed by atoms with Gasteiger partial charge in [0.15, 0.2) is 0 Å². The fraction of sp³-hybridized carbons (Fsp3) is 0.267. The minimum Gasteiger partial charge on any atom is -0.352 e. The van der Waals surface area contributed by atoms with Crippen LogP contribution in [0.25, 0.3) is 0 Å².